The molecule has 1 aromatic heterocycles. The summed E-state index contributed by atoms with van der Waals surface area (Å²) in [6.45, 7) is 6.53. The minimum Gasteiger partial charge on any atom is -0.359 e. The average Bonchev–Trinajstić information content (AvgIpc) is 3.11. The van der Waals surface area contributed by atoms with Crippen LogP contribution in [-0.2, 0) is 15.4 Å². The molecule has 2 heterocycles. The van der Waals surface area contributed by atoms with Crippen LogP contribution in [0, 0.1) is 5.82 Å². The summed E-state index contributed by atoms with van der Waals surface area (Å²) in [5, 5.41) is 6.36. The van der Waals surface area contributed by atoms with E-state index in [0.29, 0.717) is 18.8 Å². The molecule has 0 saturated carbocycles. The van der Waals surface area contributed by atoms with Gasteiger partial charge in [0, 0.05) is 30.1 Å². The first-order valence-corrected chi connectivity index (χ1v) is 10.6. The summed E-state index contributed by atoms with van der Waals surface area (Å²) in [6.07, 6.45) is 2.43. The van der Waals surface area contributed by atoms with Crippen molar-refractivity contribution in [2.75, 3.05) is 18.4 Å². The van der Waals surface area contributed by atoms with Gasteiger partial charge in [-0.2, -0.15) is 4.31 Å². The third kappa shape index (κ3) is 4.25. The van der Waals surface area contributed by atoms with Crippen LogP contribution in [0.1, 0.15) is 56.2 Å². The van der Waals surface area contributed by atoms with E-state index in [2.05, 4.69) is 10.5 Å². The number of halogens is 1. The summed E-state index contributed by atoms with van der Waals surface area (Å²) in [5.74, 6) is -0.669. The summed E-state index contributed by atoms with van der Waals surface area (Å²) >= 11 is 0. The maximum Gasteiger partial charge on any atom is 0.256 e. The Kier molecular flexibility index (Phi) is 5.58. The van der Waals surface area contributed by atoms with Crippen LogP contribution in [0.4, 0.5) is 10.2 Å². The zero-order valence-electron chi connectivity index (χ0n) is 16.2. The minimum atomic E-state index is -3.99. The third-order valence-corrected chi connectivity index (χ3v) is 6.53. The highest BCUT2D eigenvalue weighted by Crippen LogP contribution is 2.26. The van der Waals surface area contributed by atoms with E-state index in [1.807, 2.05) is 20.8 Å². The van der Waals surface area contributed by atoms with Gasteiger partial charge >= 0.3 is 0 Å². The van der Waals surface area contributed by atoms with Gasteiger partial charge in [-0.05, 0) is 31.0 Å². The Hall–Kier alpha value is -2.26. The minimum absolute atomic E-state index is 0.0253. The lowest BCUT2D eigenvalue weighted by atomic mass is 9.93. The fourth-order valence-corrected chi connectivity index (χ4v) is 4.57. The maximum absolute atomic E-state index is 14.3. The number of aromatic nitrogens is 1. The first-order valence-electron chi connectivity index (χ1n) is 9.17. The van der Waals surface area contributed by atoms with E-state index < -0.39 is 26.6 Å². The van der Waals surface area contributed by atoms with Crippen LogP contribution in [0.15, 0.2) is 33.7 Å². The standard InChI is InChI=1S/C19H24FN3O4S/c1-19(2,3)16-12-17(22-27-16)21-18(24)13-7-8-14(20)15(11-13)28(25,26)23-9-5-4-6-10-23/h7-8,11-12H,4-6,9-10H2,1-3H3,(H,21,22,24). The number of benzene rings is 1. The van der Waals surface area contributed by atoms with Crippen LogP contribution >= 0.6 is 0 Å². The number of nitrogens with one attached hydrogen (secondary N) is 1. The number of sulfonamides is 1. The quantitative estimate of drug-likeness (QED) is 0.834. The van der Waals surface area contributed by atoms with Gasteiger partial charge in [-0.1, -0.05) is 32.3 Å². The summed E-state index contributed by atoms with van der Waals surface area (Å²) in [5.41, 5.74) is -0.251. The largest absolute Gasteiger partial charge is 0.359 e. The van der Waals surface area contributed by atoms with Gasteiger partial charge < -0.3 is 9.84 Å². The van der Waals surface area contributed by atoms with E-state index in [1.165, 1.54) is 10.4 Å². The van der Waals surface area contributed by atoms with E-state index in [9.17, 15) is 17.6 Å². The molecule has 0 aliphatic carbocycles. The molecule has 0 spiro atoms. The smallest absolute Gasteiger partial charge is 0.256 e. The van der Waals surface area contributed by atoms with Crippen LogP contribution in [-0.4, -0.2) is 36.9 Å². The molecule has 28 heavy (non-hydrogen) atoms. The van der Waals surface area contributed by atoms with Gasteiger partial charge in [0.2, 0.25) is 10.0 Å². The fourth-order valence-electron chi connectivity index (χ4n) is 2.96. The molecule has 9 heteroatoms. The molecule has 1 saturated heterocycles. The number of hydrogen-bond donors (Lipinski definition) is 1. The Bertz CT molecular complexity index is 973. The Morgan fingerprint density at radius 3 is 2.46 bits per heavy atom. The number of amides is 1. The van der Waals surface area contributed by atoms with Crippen molar-refractivity contribution in [2.24, 2.45) is 0 Å². The lowest BCUT2D eigenvalue weighted by Gasteiger charge is -2.26. The second kappa shape index (κ2) is 7.63. The molecule has 152 valence electrons. The zero-order chi connectivity index (χ0) is 20.5. The molecule has 2 aromatic rings. The fraction of sp³-hybridized carbons (Fsp3) is 0.474. The van der Waals surface area contributed by atoms with Crippen LogP contribution < -0.4 is 5.32 Å². The zero-order valence-corrected chi connectivity index (χ0v) is 17.0. The molecule has 7 nitrogen and oxygen atoms in total. The average molecular weight is 409 g/mol. The molecule has 3 rings (SSSR count). The number of anilines is 1. The number of carbonyl (C=O) groups excluding carboxylic acids is 1. The van der Waals surface area contributed by atoms with E-state index in [0.717, 1.165) is 31.4 Å². The maximum atomic E-state index is 14.3. The number of piperidine rings is 1. The Morgan fingerprint density at radius 2 is 1.86 bits per heavy atom. The predicted octanol–water partition coefficient (Wildman–Crippen LogP) is 3.54. The van der Waals surface area contributed by atoms with Gasteiger partial charge in [-0.25, -0.2) is 12.8 Å². The van der Waals surface area contributed by atoms with E-state index >= 15 is 0 Å². The first-order chi connectivity index (χ1) is 13.1. The van der Waals surface area contributed by atoms with Gasteiger partial charge in [-0.15, -0.1) is 0 Å². The lowest BCUT2D eigenvalue weighted by molar-refractivity contribution is 0.102. The van der Waals surface area contributed by atoms with E-state index in [1.54, 1.807) is 6.07 Å². The number of carbonyl (C=O) groups is 1. The van der Waals surface area contributed by atoms with Crippen LogP contribution in [0.5, 0.6) is 0 Å². The number of hydrogen-bond acceptors (Lipinski definition) is 5. The van der Waals surface area contributed by atoms with Crippen molar-refractivity contribution in [3.63, 3.8) is 0 Å². The Balaban J connectivity index is 1.84. The Morgan fingerprint density at radius 1 is 1.18 bits per heavy atom. The monoisotopic (exact) mass is 409 g/mol. The van der Waals surface area contributed by atoms with Crippen LogP contribution in [0.2, 0.25) is 0 Å². The first kappa shape index (κ1) is 20.5. The van der Waals surface area contributed by atoms with Crippen molar-refractivity contribution in [1.82, 2.24) is 9.46 Å². The summed E-state index contributed by atoms with van der Waals surface area (Å²) in [4.78, 5) is 12.0. The van der Waals surface area contributed by atoms with Gasteiger partial charge in [0.05, 0.1) is 0 Å². The molecule has 1 aromatic carbocycles. The molecular weight excluding hydrogens is 385 g/mol. The number of nitrogens with zero attached hydrogens (tertiary/aromatic N) is 2. The van der Waals surface area contributed by atoms with Crippen molar-refractivity contribution >= 4 is 21.7 Å². The normalized spacial score (nSPS) is 16.1. The lowest BCUT2D eigenvalue weighted by Crippen LogP contribution is -2.36. The van der Waals surface area contributed by atoms with Crippen molar-refractivity contribution in [3.05, 3.63) is 41.4 Å². The van der Waals surface area contributed by atoms with Crippen molar-refractivity contribution in [2.45, 2.75) is 50.3 Å². The van der Waals surface area contributed by atoms with Gasteiger partial charge in [0.15, 0.2) is 5.82 Å². The van der Waals surface area contributed by atoms with Gasteiger partial charge in [-0.3, -0.25) is 4.79 Å². The van der Waals surface area contributed by atoms with Crippen LogP contribution in [0.25, 0.3) is 0 Å². The number of rotatable bonds is 4. The van der Waals surface area contributed by atoms with E-state index in [-0.39, 0.29) is 16.8 Å². The second-order valence-electron chi connectivity index (χ2n) is 7.89. The highest BCUT2D eigenvalue weighted by Gasteiger charge is 2.29. The molecule has 0 bridgehead atoms. The SMILES string of the molecule is CC(C)(C)c1cc(NC(=O)c2ccc(F)c(S(=O)(=O)N3CCCCC3)c2)no1. The molecule has 1 amide bonds. The molecule has 1 aliphatic heterocycles. The highest BCUT2D eigenvalue weighted by atomic mass is 32.2. The molecule has 1 N–H and O–H groups in total. The van der Waals surface area contributed by atoms with E-state index in [4.69, 9.17) is 4.52 Å². The van der Waals surface area contributed by atoms with Crippen molar-refractivity contribution in [3.8, 4) is 0 Å². The molecule has 1 aliphatic rings. The van der Waals surface area contributed by atoms with Crippen LogP contribution in [0.3, 0.4) is 0 Å². The summed E-state index contributed by atoms with van der Waals surface area (Å²) in [6, 6.07) is 4.91. The summed E-state index contributed by atoms with van der Waals surface area (Å²) in [7, 11) is -3.99. The second-order valence-corrected chi connectivity index (χ2v) is 9.80. The predicted molar refractivity (Wildman–Crippen MR) is 102 cm³/mol. The van der Waals surface area contributed by atoms with Crippen molar-refractivity contribution in [1.29, 1.82) is 0 Å². The molecule has 1 fully saturated rings. The molecular formula is C19H24FN3O4S. The molecule has 0 atom stereocenters. The summed E-state index contributed by atoms with van der Waals surface area (Å²) < 4.78 is 46.3. The molecule has 0 radical (unpaired) electrons. The third-order valence-electron chi connectivity index (χ3n) is 4.62. The molecule has 0 unspecified atom stereocenters. The van der Waals surface area contributed by atoms with Gasteiger partial charge in [0.1, 0.15) is 16.5 Å². The topological polar surface area (TPSA) is 92.5 Å². The highest BCUT2D eigenvalue weighted by molar-refractivity contribution is 7.89. The van der Waals surface area contributed by atoms with Crippen molar-refractivity contribution < 1.29 is 22.1 Å². The van der Waals surface area contributed by atoms with Gasteiger partial charge in [0.25, 0.3) is 5.91 Å². The Labute approximate surface area is 163 Å².